The molecule has 0 unspecified atom stereocenters. The van der Waals surface area contributed by atoms with E-state index < -0.39 is 21.7 Å². The van der Waals surface area contributed by atoms with Gasteiger partial charge in [-0.05, 0) is 36.8 Å². The molecule has 3 aromatic rings. The van der Waals surface area contributed by atoms with Crippen LogP contribution in [0.25, 0.3) is 22.3 Å². The summed E-state index contributed by atoms with van der Waals surface area (Å²) in [5, 5.41) is 2.12. The van der Waals surface area contributed by atoms with Gasteiger partial charge in [-0.3, -0.25) is 10.2 Å². The van der Waals surface area contributed by atoms with Crippen LogP contribution in [0.5, 0.6) is 0 Å². The van der Waals surface area contributed by atoms with Gasteiger partial charge in [-0.1, -0.05) is 12.1 Å². The quantitative estimate of drug-likeness (QED) is 0.641. The van der Waals surface area contributed by atoms with Crippen LogP contribution < -0.4 is 5.43 Å². The molecule has 0 saturated carbocycles. The lowest BCUT2D eigenvalue weighted by Gasteiger charge is -2.22. The lowest BCUT2D eigenvalue weighted by Crippen LogP contribution is -2.43. The average molecular weight is 461 g/mol. The van der Waals surface area contributed by atoms with E-state index in [1.54, 1.807) is 36.5 Å². The number of pyridine rings is 2. The van der Waals surface area contributed by atoms with Crippen LogP contribution in [0.3, 0.4) is 0 Å². The number of sulfone groups is 1. The first-order valence-corrected chi connectivity index (χ1v) is 12.0. The zero-order valence-corrected chi connectivity index (χ0v) is 18.2. The molecular formula is C22H22F2N4O3S. The Morgan fingerprint density at radius 2 is 1.94 bits per heavy atom. The number of hydrazine groups is 1. The lowest BCUT2D eigenvalue weighted by molar-refractivity contribution is -0.0143. The van der Waals surface area contributed by atoms with Gasteiger partial charge in [-0.25, -0.2) is 32.2 Å². The second-order valence-electron chi connectivity index (χ2n) is 7.87. The van der Waals surface area contributed by atoms with Crippen molar-refractivity contribution in [2.24, 2.45) is 0 Å². The van der Waals surface area contributed by atoms with Gasteiger partial charge in [0.1, 0.15) is 0 Å². The Bertz CT molecular complexity index is 1280. The van der Waals surface area contributed by atoms with Crippen LogP contribution in [-0.2, 0) is 9.84 Å². The summed E-state index contributed by atoms with van der Waals surface area (Å²) in [6, 6.07) is 11.3. The van der Waals surface area contributed by atoms with Crippen LogP contribution in [-0.4, -0.2) is 54.6 Å². The number of benzene rings is 1. The summed E-state index contributed by atoms with van der Waals surface area (Å²) in [7, 11) is -3.47. The maximum Gasteiger partial charge on any atom is 0.267 e. The average Bonchev–Trinajstić information content (AvgIpc) is 2.92. The second-order valence-corrected chi connectivity index (χ2v) is 9.89. The van der Waals surface area contributed by atoms with Crippen molar-refractivity contribution in [1.82, 2.24) is 20.4 Å². The monoisotopic (exact) mass is 460 g/mol. The normalized spacial score (nSPS) is 17.1. The summed E-state index contributed by atoms with van der Waals surface area (Å²) in [5.74, 6) is -3.25. The highest BCUT2D eigenvalue weighted by atomic mass is 32.2. The Kier molecular flexibility index (Phi) is 5.91. The van der Waals surface area contributed by atoms with Crippen molar-refractivity contribution in [3.63, 3.8) is 0 Å². The first-order chi connectivity index (χ1) is 15.1. The number of hydrogen-bond acceptors (Lipinski definition) is 6. The summed E-state index contributed by atoms with van der Waals surface area (Å²) in [4.78, 5) is 22.0. The largest absolute Gasteiger partial charge is 0.285 e. The SMILES string of the molecule is CS(=O)(=O)c1cccc(-c2nc3ncccc3cc2C(=O)NN2CCCC(F)(F)CC2)c1. The third-order valence-corrected chi connectivity index (χ3v) is 6.46. The minimum atomic E-state index is -3.47. The molecule has 1 aliphatic rings. The second kappa shape index (κ2) is 8.51. The number of halogens is 2. The summed E-state index contributed by atoms with van der Waals surface area (Å²) in [5.41, 5.74) is 4.02. The van der Waals surface area contributed by atoms with Gasteiger partial charge >= 0.3 is 0 Å². The Morgan fingerprint density at radius 1 is 1.12 bits per heavy atom. The molecule has 7 nitrogen and oxygen atoms in total. The van der Waals surface area contributed by atoms with Gasteiger partial charge < -0.3 is 0 Å². The van der Waals surface area contributed by atoms with Gasteiger partial charge in [0, 0.05) is 49.3 Å². The fourth-order valence-corrected chi connectivity index (χ4v) is 4.32. The van der Waals surface area contributed by atoms with E-state index in [1.165, 1.54) is 17.1 Å². The number of hydrogen-bond donors (Lipinski definition) is 1. The van der Waals surface area contributed by atoms with Crippen LogP contribution in [0.4, 0.5) is 8.78 Å². The molecule has 0 radical (unpaired) electrons. The van der Waals surface area contributed by atoms with Crippen molar-refractivity contribution in [2.45, 2.75) is 30.1 Å². The molecule has 0 spiro atoms. The third kappa shape index (κ3) is 4.91. The van der Waals surface area contributed by atoms with Crippen molar-refractivity contribution < 1.29 is 22.0 Å². The molecule has 3 heterocycles. The number of alkyl halides is 2. The Balaban J connectivity index is 1.74. The maximum absolute atomic E-state index is 13.7. The van der Waals surface area contributed by atoms with Crippen LogP contribution in [0.1, 0.15) is 29.6 Å². The topological polar surface area (TPSA) is 92.3 Å². The Morgan fingerprint density at radius 3 is 2.72 bits per heavy atom. The number of carbonyl (C=O) groups excluding carboxylic acids is 1. The van der Waals surface area contributed by atoms with Crippen LogP contribution in [0.2, 0.25) is 0 Å². The molecule has 1 saturated heterocycles. The fraction of sp³-hybridized carbons (Fsp3) is 0.318. The number of amides is 1. The predicted octanol–water partition coefficient (Wildman–Crippen LogP) is 3.47. The fourth-order valence-electron chi connectivity index (χ4n) is 3.65. The molecule has 168 valence electrons. The molecule has 4 rings (SSSR count). The number of nitrogens with zero attached hydrogens (tertiary/aromatic N) is 3. The molecule has 1 aromatic carbocycles. The number of fused-ring (bicyclic) bond motifs is 1. The van der Waals surface area contributed by atoms with Gasteiger partial charge in [0.15, 0.2) is 15.5 Å². The Labute approximate surface area is 184 Å². The van der Waals surface area contributed by atoms with Crippen molar-refractivity contribution in [3.8, 4) is 11.3 Å². The molecule has 1 aliphatic heterocycles. The van der Waals surface area contributed by atoms with Crippen molar-refractivity contribution >= 4 is 26.8 Å². The predicted molar refractivity (Wildman–Crippen MR) is 116 cm³/mol. The lowest BCUT2D eigenvalue weighted by atomic mass is 10.0. The standard InChI is InChI=1S/C22H22F2N4O3S/c1-32(30,31)17-7-2-5-15(13-17)19-18(14-16-6-3-10-25-20(16)26-19)21(29)27-28-11-4-8-22(23,24)9-12-28/h2-3,5-7,10,13-14H,4,8-9,11-12H2,1H3,(H,27,29). The molecule has 0 bridgehead atoms. The summed E-state index contributed by atoms with van der Waals surface area (Å²) in [6.45, 7) is 0.336. The van der Waals surface area contributed by atoms with Crippen LogP contribution >= 0.6 is 0 Å². The van der Waals surface area contributed by atoms with Crippen molar-refractivity contribution in [2.75, 3.05) is 19.3 Å². The van der Waals surface area contributed by atoms with E-state index >= 15 is 0 Å². The van der Waals surface area contributed by atoms with Crippen molar-refractivity contribution in [3.05, 3.63) is 54.2 Å². The summed E-state index contributed by atoms with van der Waals surface area (Å²) >= 11 is 0. The number of nitrogens with one attached hydrogen (secondary N) is 1. The first kappa shape index (κ1) is 22.2. The van der Waals surface area contributed by atoms with Gasteiger partial charge in [-0.2, -0.15) is 0 Å². The highest BCUT2D eigenvalue weighted by molar-refractivity contribution is 7.90. The van der Waals surface area contributed by atoms with Gasteiger partial charge in [0.05, 0.1) is 16.2 Å². The molecule has 10 heteroatoms. The number of rotatable bonds is 4. The van der Waals surface area contributed by atoms with E-state index in [4.69, 9.17) is 0 Å². The van der Waals surface area contributed by atoms with Crippen molar-refractivity contribution in [1.29, 1.82) is 0 Å². The molecule has 32 heavy (non-hydrogen) atoms. The number of carbonyl (C=O) groups is 1. The molecule has 1 N–H and O–H groups in total. The first-order valence-electron chi connectivity index (χ1n) is 10.1. The van der Waals surface area contributed by atoms with E-state index in [0.29, 0.717) is 23.1 Å². The van der Waals surface area contributed by atoms with Gasteiger partial charge in [0.2, 0.25) is 5.92 Å². The minimum absolute atomic E-state index is 0.0280. The highest BCUT2D eigenvalue weighted by Gasteiger charge is 2.32. The van der Waals surface area contributed by atoms with E-state index in [1.807, 2.05) is 0 Å². The third-order valence-electron chi connectivity index (χ3n) is 5.35. The molecule has 0 aliphatic carbocycles. The molecule has 0 atom stereocenters. The van der Waals surface area contributed by atoms with E-state index in [0.717, 1.165) is 6.26 Å². The molecule has 1 amide bonds. The summed E-state index contributed by atoms with van der Waals surface area (Å²) < 4.78 is 51.4. The Hall–Kier alpha value is -2.98. The van der Waals surface area contributed by atoms with Crippen LogP contribution in [0.15, 0.2) is 53.6 Å². The maximum atomic E-state index is 13.7. The molecule has 1 fully saturated rings. The van der Waals surface area contributed by atoms with E-state index in [9.17, 15) is 22.0 Å². The molecule has 2 aromatic heterocycles. The van der Waals surface area contributed by atoms with Gasteiger partial charge in [0.25, 0.3) is 5.91 Å². The van der Waals surface area contributed by atoms with E-state index in [-0.39, 0.29) is 42.0 Å². The molecular weight excluding hydrogens is 438 g/mol. The zero-order chi connectivity index (χ0) is 22.9. The van der Waals surface area contributed by atoms with Crippen LogP contribution in [0, 0.1) is 0 Å². The van der Waals surface area contributed by atoms with Gasteiger partial charge in [-0.15, -0.1) is 0 Å². The zero-order valence-electron chi connectivity index (χ0n) is 17.4. The summed E-state index contributed by atoms with van der Waals surface area (Å²) in [6.07, 6.45) is 2.38. The highest BCUT2D eigenvalue weighted by Crippen LogP contribution is 2.29. The van der Waals surface area contributed by atoms with E-state index in [2.05, 4.69) is 15.4 Å². The smallest absolute Gasteiger partial charge is 0.267 e. The minimum Gasteiger partial charge on any atom is -0.285 e. The number of aromatic nitrogens is 2.